The highest BCUT2D eigenvalue weighted by atomic mass is 32.1. The highest BCUT2D eigenvalue weighted by Crippen LogP contribution is 2.36. The average molecular weight is 643 g/mol. The molecule has 7 rings (SSSR count). The van der Waals surface area contributed by atoms with Gasteiger partial charge in [0.15, 0.2) is 0 Å². The molecule has 1 saturated heterocycles. The van der Waals surface area contributed by atoms with Gasteiger partial charge in [0.25, 0.3) is 0 Å². The summed E-state index contributed by atoms with van der Waals surface area (Å²) in [7, 11) is 0. The first kappa shape index (κ1) is 30.1. The second-order valence-corrected chi connectivity index (χ2v) is 12.6. The molecule has 5 heterocycles. The topological polar surface area (TPSA) is 108 Å². The standard InChI is InChI=1S/C36H34N8O2S/c1-24-8-13-32-34(35(41-44(32)23-24)26-5-3-6-28(21-26)38-33(46)22-30-7-4-20-47-30)31-14-15-37-36(40-31)39-27-9-11-29(12-10-27)43-18-16-42(17-19-43)25(2)45/h3-15,20-21,23H,16-19,22H2,1-2H3,(H,38,46)(H,37,39,40). The van der Waals surface area contributed by atoms with Crippen molar-refractivity contribution in [1.82, 2.24) is 24.5 Å². The summed E-state index contributed by atoms with van der Waals surface area (Å²) in [5.74, 6) is 0.531. The van der Waals surface area contributed by atoms with E-state index in [0.717, 1.165) is 76.0 Å². The summed E-state index contributed by atoms with van der Waals surface area (Å²) in [6, 6.07) is 25.9. The Hall–Kier alpha value is -5.55. The molecule has 6 aromatic rings. The Morgan fingerprint density at radius 3 is 2.51 bits per heavy atom. The zero-order valence-electron chi connectivity index (χ0n) is 26.2. The maximum Gasteiger partial charge on any atom is 0.229 e. The number of piperazine rings is 1. The van der Waals surface area contributed by atoms with Crippen molar-refractivity contribution in [2.45, 2.75) is 20.3 Å². The van der Waals surface area contributed by atoms with Gasteiger partial charge in [-0.15, -0.1) is 11.3 Å². The van der Waals surface area contributed by atoms with Gasteiger partial charge in [-0.1, -0.05) is 24.3 Å². The fourth-order valence-electron chi connectivity index (χ4n) is 5.85. The van der Waals surface area contributed by atoms with Crippen LogP contribution in [0.1, 0.15) is 17.4 Å². The van der Waals surface area contributed by atoms with Gasteiger partial charge in [-0.05, 0) is 72.5 Å². The molecule has 1 fully saturated rings. The largest absolute Gasteiger partial charge is 0.368 e. The molecule has 2 N–H and O–H groups in total. The summed E-state index contributed by atoms with van der Waals surface area (Å²) in [6.45, 7) is 6.74. The minimum Gasteiger partial charge on any atom is -0.368 e. The lowest BCUT2D eigenvalue weighted by Crippen LogP contribution is -2.48. The van der Waals surface area contributed by atoms with Gasteiger partial charge in [-0.25, -0.2) is 14.5 Å². The van der Waals surface area contributed by atoms with Crippen LogP contribution >= 0.6 is 11.3 Å². The quantitative estimate of drug-likeness (QED) is 0.197. The molecule has 236 valence electrons. The molecular formula is C36H34N8O2S. The first-order valence-electron chi connectivity index (χ1n) is 15.5. The first-order chi connectivity index (χ1) is 22.9. The highest BCUT2D eigenvalue weighted by molar-refractivity contribution is 7.10. The zero-order chi connectivity index (χ0) is 32.3. The number of nitrogens with one attached hydrogen (secondary N) is 2. The Bertz CT molecular complexity index is 2050. The lowest BCUT2D eigenvalue weighted by molar-refractivity contribution is -0.129. The normalized spacial score (nSPS) is 13.1. The van der Waals surface area contributed by atoms with Crippen molar-refractivity contribution in [3.05, 3.63) is 107 Å². The molecule has 0 atom stereocenters. The van der Waals surface area contributed by atoms with E-state index in [4.69, 9.17) is 10.1 Å². The third-order valence-corrected chi connectivity index (χ3v) is 9.11. The molecule has 10 nitrogen and oxygen atoms in total. The Morgan fingerprint density at radius 2 is 1.74 bits per heavy atom. The number of thiophene rings is 1. The number of aromatic nitrogens is 4. The maximum atomic E-state index is 12.8. The second kappa shape index (κ2) is 13.1. The van der Waals surface area contributed by atoms with Crippen molar-refractivity contribution in [3.63, 3.8) is 0 Å². The molecule has 2 aromatic carbocycles. The summed E-state index contributed by atoms with van der Waals surface area (Å²) in [4.78, 5) is 39.1. The first-order valence-corrected chi connectivity index (χ1v) is 16.4. The molecule has 47 heavy (non-hydrogen) atoms. The van der Waals surface area contributed by atoms with E-state index in [1.165, 1.54) is 0 Å². The molecule has 11 heteroatoms. The summed E-state index contributed by atoms with van der Waals surface area (Å²) in [5.41, 5.74) is 7.91. The van der Waals surface area contributed by atoms with Gasteiger partial charge in [-0.2, -0.15) is 5.10 Å². The molecule has 2 amide bonds. The van der Waals surface area contributed by atoms with E-state index in [9.17, 15) is 9.59 Å². The van der Waals surface area contributed by atoms with Crippen LogP contribution in [0.4, 0.5) is 23.0 Å². The number of nitrogens with zero attached hydrogens (tertiary/aromatic N) is 6. The SMILES string of the molecule is CC(=O)N1CCN(c2ccc(Nc3nccc(-c4c(-c5cccc(NC(=O)Cc6cccs6)c5)nn5cc(C)ccc45)n3)cc2)CC1. The Kier molecular flexibility index (Phi) is 8.36. The van der Waals surface area contributed by atoms with Crippen molar-refractivity contribution in [2.24, 2.45) is 0 Å². The molecule has 4 aromatic heterocycles. The van der Waals surface area contributed by atoms with Crippen LogP contribution in [-0.4, -0.2) is 62.5 Å². The summed E-state index contributed by atoms with van der Waals surface area (Å²) in [6.07, 6.45) is 4.07. The predicted molar refractivity (Wildman–Crippen MR) is 187 cm³/mol. The molecule has 0 bridgehead atoms. The molecule has 0 radical (unpaired) electrons. The molecular weight excluding hydrogens is 609 g/mol. The van der Waals surface area contributed by atoms with Crippen LogP contribution in [0, 0.1) is 6.92 Å². The maximum absolute atomic E-state index is 12.8. The van der Waals surface area contributed by atoms with Crippen LogP contribution in [-0.2, 0) is 16.0 Å². The van der Waals surface area contributed by atoms with Crippen molar-refractivity contribution in [1.29, 1.82) is 0 Å². The third-order valence-electron chi connectivity index (χ3n) is 8.24. The summed E-state index contributed by atoms with van der Waals surface area (Å²) >= 11 is 1.57. The van der Waals surface area contributed by atoms with Crippen molar-refractivity contribution >= 4 is 51.7 Å². The molecule has 1 aliphatic rings. The smallest absolute Gasteiger partial charge is 0.229 e. The van der Waals surface area contributed by atoms with Crippen LogP contribution in [0.25, 0.3) is 28.0 Å². The summed E-state index contributed by atoms with van der Waals surface area (Å²) in [5, 5.41) is 13.4. The predicted octanol–water partition coefficient (Wildman–Crippen LogP) is 6.42. The van der Waals surface area contributed by atoms with Crippen LogP contribution in [0.2, 0.25) is 0 Å². The second-order valence-electron chi connectivity index (χ2n) is 11.6. The number of carbonyl (C=O) groups excluding carboxylic acids is 2. The van der Waals surface area contributed by atoms with Gasteiger partial charge in [-0.3, -0.25) is 9.59 Å². The minimum absolute atomic E-state index is 0.0643. The monoisotopic (exact) mass is 642 g/mol. The highest BCUT2D eigenvalue weighted by Gasteiger charge is 2.20. The molecule has 1 aliphatic heterocycles. The number of hydrogen-bond acceptors (Lipinski definition) is 8. The van der Waals surface area contributed by atoms with Gasteiger partial charge in [0.05, 0.1) is 23.2 Å². The number of carbonyl (C=O) groups is 2. The van der Waals surface area contributed by atoms with E-state index in [-0.39, 0.29) is 11.8 Å². The Labute approximate surface area is 276 Å². The number of benzene rings is 2. The van der Waals surface area contributed by atoms with Crippen LogP contribution in [0.15, 0.2) is 96.6 Å². The van der Waals surface area contributed by atoms with Crippen molar-refractivity contribution < 1.29 is 9.59 Å². The Balaban J connectivity index is 1.15. The van der Waals surface area contributed by atoms with E-state index >= 15 is 0 Å². The fourth-order valence-corrected chi connectivity index (χ4v) is 6.55. The van der Waals surface area contributed by atoms with E-state index in [2.05, 4.69) is 44.8 Å². The lowest BCUT2D eigenvalue weighted by Gasteiger charge is -2.35. The number of amides is 2. The number of hydrogen-bond donors (Lipinski definition) is 2. The number of aryl methyl sites for hydroxylation is 1. The van der Waals surface area contributed by atoms with Crippen LogP contribution in [0.3, 0.4) is 0 Å². The average Bonchev–Trinajstić information content (AvgIpc) is 3.73. The fraction of sp³-hybridized carbons (Fsp3) is 0.194. The van der Waals surface area contributed by atoms with E-state index in [1.807, 2.05) is 82.5 Å². The van der Waals surface area contributed by atoms with Crippen molar-refractivity contribution in [3.8, 4) is 22.5 Å². The molecule has 0 aliphatic carbocycles. The van der Waals surface area contributed by atoms with Crippen LogP contribution < -0.4 is 15.5 Å². The van der Waals surface area contributed by atoms with Gasteiger partial charge in [0, 0.05) is 73.0 Å². The van der Waals surface area contributed by atoms with Gasteiger partial charge in [0.2, 0.25) is 17.8 Å². The number of fused-ring (bicyclic) bond motifs is 1. The van der Waals surface area contributed by atoms with E-state index < -0.39 is 0 Å². The van der Waals surface area contributed by atoms with Gasteiger partial charge >= 0.3 is 0 Å². The molecule has 0 unspecified atom stereocenters. The minimum atomic E-state index is -0.0643. The number of pyridine rings is 1. The van der Waals surface area contributed by atoms with Gasteiger partial charge < -0.3 is 20.4 Å². The van der Waals surface area contributed by atoms with E-state index in [1.54, 1.807) is 24.5 Å². The number of anilines is 4. The zero-order valence-corrected chi connectivity index (χ0v) is 27.0. The van der Waals surface area contributed by atoms with Gasteiger partial charge in [0.1, 0.15) is 5.69 Å². The lowest BCUT2D eigenvalue weighted by atomic mass is 10.0. The van der Waals surface area contributed by atoms with E-state index in [0.29, 0.717) is 18.1 Å². The van der Waals surface area contributed by atoms with Crippen LogP contribution in [0.5, 0.6) is 0 Å². The molecule has 0 spiro atoms. The third kappa shape index (κ3) is 6.70. The Morgan fingerprint density at radius 1 is 0.915 bits per heavy atom. The summed E-state index contributed by atoms with van der Waals surface area (Å²) < 4.78 is 1.88. The van der Waals surface area contributed by atoms with Crippen molar-refractivity contribution in [2.75, 3.05) is 41.7 Å². The number of rotatable bonds is 8. The molecule has 0 saturated carbocycles.